The van der Waals surface area contributed by atoms with E-state index in [4.69, 9.17) is 24.9 Å². The molecule has 208 valence electrons. The topological polar surface area (TPSA) is 121 Å². The molecule has 2 heterocycles. The largest absolute Gasteiger partial charge is 0.493 e. The number of rotatable bonds is 10. The van der Waals surface area contributed by atoms with Crippen molar-refractivity contribution in [2.24, 2.45) is 0 Å². The highest BCUT2D eigenvalue weighted by Crippen LogP contribution is 2.43. The summed E-state index contributed by atoms with van der Waals surface area (Å²) in [6.45, 7) is 0. The van der Waals surface area contributed by atoms with Crippen molar-refractivity contribution in [1.82, 2.24) is 9.97 Å². The van der Waals surface area contributed by atoms with Crippen LogP contribution in [-0.2, 0) is 4.79 Å². The maximum Gasteiger partial charge on any atom is 0.248 e. The lowest BCUT2D eigenvalue weighted by atomic mass is 10.1. The number of nitrogens with two attached hydrogens (primary N) is 1. The number of hydrogen-bond donors (Lipinski definition) is 3. The van der Waals surface area contributed by atoms with Gasteiger partial charge in [0.1, 0.15) is 15.7 Å². The molecule has 4 N–H and O–H groups in total. The first-order chi connectivity index (χ1) is 20.0. The Balaban J connectivity index is 1.31. The van der Waals surface area contributed by atoms with E-state index >= 15 is 0 Å². The predicted molar refractivity (Wildman–Crippen MR) is 167 cm³/mol. The van der Waals surface area contributed by atoms with Gasteiger partial charge in [0, 0.05) is 40.5 Å². The van der Waals surface area contributed by atoms with Crippen molar-refractivity contribution < 1.29 is 19.0 Å². The number of amides is 1. The molecule has 3 aromatic carbocycles. The first-order valence-corrected chi connectivity index (χ1v) is 14.1. The summed E-state index contributed by atoms with van der Waals surface area (Å²) in [6.07, 6.45) is 3.29. The molecular formula is C30H27N5O4S2. The van der Waals surface area contributed by atoms with Crippen LogP contribution in [0.1, 0.15) is 5.56 Å². The van der Waals surface area contributed by atoms with Gasteiger partial charge in [-0.25, -0.2) is 9.97 Å². The molecule has 0 aliphatic heterocycles. The number of hydrogen-bond acceptors (Lipinski definition) is 10. The smallest absolute Gasteiger partial charge is 0.248 e. The van der Waals surface area contributed by atoms with Gasteiger partial charge in [-0.3, -0.25) is 4.79 Å². The molecule has 9 nitrogen and oxygen atoms in total. The highest BCUT2D eigenvalue weighted by atomic mass is 32.1. The zero-order valence-corrected chi connectivity index (χ0v) is 24.1. The Morgan fingerprint density at radius 3 is 2.37 bits per heavy atom. The molecule has 0 aliphatic rings. The standard InChI is InChI=1S/C30H27N5O4S2/c1-37-23-15-21(16-24(38-2)26(23)39-3)33-30-35-28(31)27(41-30)29-34-22(17-40-29)19-10-7-11-20(14-19)32-25(36)13-12-18-8-5-4-6-9-18/h4-17H,31H2,1-3H3,(H,32,36)(H,33,35)/b13-12+. The fourth-order valence-corrected chi connectivity index (χ4v) is 5.84. The fourth-order valence-electron chi connectivity index (χ4n) is 4.00. The molecule has 11 heteroatoms. The minimum Gasteiger partial charge on any atom is -0.493 e. The van der Waals surface area contributed by atoms with Crippen LogP contribution in [-0.4, -0.2) is 37.2 Å². The van der Waals surface area contributed by atoms with Crippen LogP contribution in [0.15, 0.2) is 78.2 Å². The first kappa shape index (κ1) is 27.7. The van der Waals surface area contributed by atoms with E-state index in [-0.39, 0.29) is 5.91 Å². The summed E-state index contributed by atoms with van der Waals surface area (Å²) in [7, 11) is 4.68. The van der Waals surface area contributed by atoms with E-state index in [9.17, 15) is 4.79 Å². The number of carbonyl (C=O) groups excluding carboxylic acids is 1. The second-order valence-electron chi connectivity index (χ2n) is 8.62. The molecule has 0 saturated carbocycles. The quantitative estimate of drug-likeness (QED) is 0.151. The van der Waals surface area contributed by atoms with Crippen molar-refractivity contribution in [2.75, 3.05) is 37.7 Å². The third-order valence-corrected chi connectivity index (χ3v) is 7.90. The van der Waals surface area contributed by atoms with Crippen molar-refractivity contribution >= 4 is 57.0 Å². The summed E-state index contributed by atoms with van der Waals surface area (Å²) in [5.74, 6) is 1.71. The number of aromatic nitrogens is 2. The Morgan fingerprint density at radius 1 is 0.902 bits per heavy atom. The Hall–Kier alpha value is -4.87. The van der Waals surface area contributed by atoms with Gasteiger partial charge in [0.15, 0.2) is 16.6 Å². The van der Waals surface area contributed by atoms with Gasteiger partial charge in [0.25, 0.3) is 0 Å². The van der Waals surface area contributed by atoms with Crippen LogP contribution < -0.4 is 30.6 Å². The van der Waals surface area contributed by atoms with Crippen LogP contribution in [0.2, 0.25) is 0 Å². The van der Waals surface area contributed by atoms with Crippen molar-refractivity contribution in [3.8, 4) is 38.4 Å². The number of benzene rings is 3. The van der Waals surface area contributed by atoms with Gasteiger partial charge in [-0.1, -0.05) is 53.8 Å². The number of thiazole rings is 2. The van der Waals surface area contributed by atoms with E-state index in [1.54, 1.807) is 39.5 Å². The normalized spacial score (nSPS) is 10.9. The summed E-state index contributed by atoms with van der Waals surface area (Å²) in [5.41, 5.74) is 10.3. The van der Waals surface area contributed by atoms with Gasteiger partial charge in [0.05, 0.1) is 27.0 Å². The Morgan fingerprint density at radius 2 is 1.66 bits per heavy atom. The zero-order valence-electron chi connectivity index (χ0n) is 22.5. The van der Waals surface area contributed by atoms with Crippen molar-refractivity contribution in [3.63, 3.8) is 0 Å². The maximum absolute atomic E-state index is 12.4. The molecule has 5 aromatic rings. The third kappa shape index (κ3) is 6.48. The van der Waals surface area contributed by atoms with Crippen LogP contribution in [0.25, 0.3) is 27.2 Å². The minimum atomic E-state index is -0.213. The zero-order chi connectivity index (χ0) is 28.8. The monoisotopic (exact) mass is 585 g/mol. The first-order valence-electron chi connectivity index (χ1n) is 12.4. The van der Waals surface area contributed by atoms with Crippen molar-refractivity contribution in [1.29, 1.82) is 0 Å². The molecule has 0 atom stereocenters. The van der Waals surface area contributed by atoms with Crippen molar-refractivity contribution in [2.45, 2.75) is 0 Å². The summed E-state index contributed by atoms with van der Waals surface area (Å²) in [4.78, 5) is 22.5. The SMILES string of the molecule is COc1cc(Nc2nc(N)c(-c3nc(-c4cccc(NC(=O)/C=C/c5ccccc5)c4)cs3)s2)cc(OC)c1OC. The fraction of sp³-hybridized carbons (Fsp3) is 0.100. The number of ether oxygens (including phenoxy) is 3. The van der Waals surface area contributed by atoms with Gasteiger partial charge in [0.2, 0.25) is 11.7 Å². The molecule has 0 unspecified atom stereocenters. The minimum absolute atomic E-state index is 0.213. The molecule has 41 heavy (non-hydrogen) atoms. The lowest BCUT2D eigenvalue weighted by Crippen LogP contribution is -2.07. The lowest BCUT2D eigenvalue weighted by molar-refractivity contribution is -0.111. The molecule has 2 aromatic heterocycles. The van der Waals surface area contributed by atoms with E-state index in [2.05, 4.69) is 15.6 Å². The average molecular weight is 586 g/mol. The van der Waals surface area contributed by atoms with Gasteiger partial charge in [-0.15, -0.1) is 11.3 Å². The van der Waals surface area contributed by atoms with E-state index in [1.807, 2.05) is 60.0 Å². The number of nitrogens with zero attached hydrogens (tertiary/aromatic N) is 2. The summed E-state index contributed by atoms with van der Waals surface area (Å²) >= 11 is 2.86. The molecule has 0 bridgehead atoms. The summed E-state index contributed by atoms with van der Waals surface area (Å²) < 4.78 is 16.3. The second-order valence-corrected chi connectivity index (χ2v) is 10.5. The second kappa shape index (κ2) is 12.5. The number of nitrogen functional groups attached to an aromatic ring is 1. The molecular weight excluding hydrogens is 558 g/mol. The summed E-state index contributed by atoms with van der Waals surface area (Å²) in [5, 5.41) is 9.46. The van der Waals surface area contributed by atoms with Crippen LogP contribution in [0.3, 0.4) is 0 Å². The highest BCUT2D eigenvalue weighted by Gasteiger charge is 2.18. The average Bonchev–Trinajstić information content (AvgIpc) is 3.62. The number of methoxy groups -OCH3 is 3. The van der Waals surface area contributed by atoms with E-state index < -0.39 is 0 Å². The Bertz CT molecular complexity index is 1670. The van der Waals surface area contributed by atoms with Crippen molar-refractivity contribution in [3.05, 3.63) is 83.7 Å². The van der Waals surface area contributed by atoms with Crippen LogP contribution in [0, 0.1) is 0 Å². The Kier molecular flexibility index (Phi) is 8.47. The van der Waals surface area contributed by atoms with Gasteiger partial charge >= 0.3 is 0 Å². The van der Waals surface area contributed by atoms with Gasteiger partial charge < -0.3 is 30.6 Å². The van der Waals surface area contributed by atoms with Crippen LogP contribution in [0.5, 0.6) is 17.2 Å². The third-order valence-electron chi connectivity index (χ3n) is 5.92. The number of carbonyl (C=O) groups is 1. The highest BCUT2D eigenvalue weighted by molar-refractivity contribution is 7.23. The molecule has 0 radical (unpaired) electrons. The lowest BCUT2D eigenvalue weighted by Gasteiger charge is -2.14. The molecule has 5 rings (SSSR count). The van der Waals surface area contributed by atoms with E-state index in [0.29, 0.717) is 39.6 Å². The Labute approximate surface area is 245 Å². The van der Waals surface area contributed by atoms with Crippen LogP contribution in [0.4, 0.5) is 22.3 Å². The molecule has 1 amide bonds. The molecule has 0 aliphatic carbocycles. The van der Waals surface area contributed by atoms with Crippen LogP contribution >= 0.6 is 22.7 Å². The number of nitrogens with one attached hydrogen (secondary N) is 2. The maximum atomic E-state index is 12.4. The van der Waals surface area contributed by atoms with E-state index in [1.165, 1.54) is 28.7 Å². The van der Waals surface area contributed by atoms with Gasteiger partial charge in [-0.05, 0) is 23.8 Å². The number of anilines is 4. The molecule has 0 saturated heterocycles. The molecule has 0 fully saturated rings. The van der Waals surface area contributed by atoms with E-state index in [0.717, 1.165) is 26.7 Å². The molecule has 0 spiro atoms. The predicted octanol–water partition coefficient (Wildman–Crippen LogP) is 6.94. The summed E-state index contributed by atoms with van der Waals surface area (Å²) in [6, 6.07) is 20.8. The van der Waals surface area contributed by atoms with Gasteiger partial charge in [-0.2, -0.15) is 0 Å².